The molecule has 1 fully saturated rings. The summed E-state index contributed by atoms with van der Waals surface area (Å²) in [7, 11) is 1.62. The number of nitrogen functional groups attached to an aromatic ring is 1. The van der Waals surface area contributed by atoms with Gasteiger partial charge in [0.25, 0.3) is 0 Å². The number of benzene rings is 1. The second kappa shape index (κ2) is 6.35. The lowest BCUT2D eigenvalue weighted by molar-refractivity contribution is 0.00229. The molecule has 112 valence electrons. The normalized spacial score (nSPS) is 26.2. The first-order chi connectivity index (χ1) is 9.54. The van der Waals surface area contributed by atoms with Crippen molar-refractivity contribution in [3.63, 3.8) is 0 Å². The molecule has 0 atom stereocenters. The van der Waals surface area contributed by atoms with E-state index in [0.29, 0.717) is 12.2 Å². The molecule has 20 heavy (non-hydrogen) atoms. The number of aliphatic hydroxyl groups is 1. The van der Waals surface area contributed by atoms with Crippen molar-refractivity contribution in [3.05, 3.63) is 18.2 Å². The third-order valence-corrected chi connectivity index (χ3v) is 4.40. The van der Waals surface area contributed by atoms with E-state index in [-0.39, 0.29) is 0 Å². The molecular weight excluding hydrogens is 252 g/mol. The molecule has 0 aliphatic heterocycles. The van der Waals surface area contributed by atoms with Gasteiger partial charge in [0, 0.05) is 30.1 Å². The number of anilines is 2. The fourth-order valence-corrected chi connectivity index (χ4v) is 2.91. The quantitative estimate of drug-likeness (QED) is 0.724. The Morgan fingerprint density at radius 2 is 2.05 bits per heavy atom. The van der Waals surface area contributed by atoms with Crippen molar-refractivity contribution in [1.82, 2.24) is 0 Å². The predicted octanol–water partition coefficient (Wildman–Crippen LogP) is 3.02. The number of ether oxygens (including phenoxy) is 1. The van der Waals surface area contributed by atoms with E-state index in [9.17, 15) is 5.11 Å². The minimum Gasteiger partial charge on any atom is -0.497 e. The zero-order valence-electron chi connectivity index (χ0n) is 12.5. The third kappa shape index (κ3) is 3.79. The van der Waals surface area contributed by atoms with E-state index < -0.39 is 5.60 Å². The molecule has 4 nitrogen and oxygen atoms in total. The fraction of sp³-hybridized carbons (Fsp3) is 0.625. The van der Waals surface area contributed by atoms with Gasteiger partial charge < -0.3 is 20.9 Å². The van der Waals surface area contributed by atoms with Crippen molar-refractivity contribution < 1.29 is 9.84 Å². The molecule has 2 rings (SSSR count). The summed E-state index contributed by atoms with van der Waals surface area (Å²) in [4.78, 5) is 0. The van der Waals surface area contributed by atoms with Crippen LogP contribution in [-0.4, -0.2) is 24.4 Å². The van der Waals surface area contributed by atoms with Crippen molar-refractivity contribution >= 4 is 11.4 Å². The van der Waals surface area contributed by atoms with Crippen LogP contribution in [0.1, 0.15) is 39.0 Å². The summed E-state index contributed by atoms with van der Waals surface area (Å²) in [6.45, 7) is 2.79. The molecule has 1 aromatic carbocycles. The van der Waals surface area contributed by atoms with Gasteiger partial charge in [-0.2, -0.15) is 0 Å². The molecule has 0 radical (unpaired) electrons. The SMILES string of the molecule is CCC1CCC(O)(CNc2cc(N)cc(OC)c2)CC1. The molecule has 4 heteroatoms. The Labute approximate surface area is 121 Å². The molecule has 1 aliphatic rings. The molecule has 1 aliphatic carbocycles. The summed E-state index contributed by atoms with van der Waals surface area (Å²) in [5, 5.41) is 13.9. The Balaban J connectivity index is 1.93. The van der Waals surface area contributed by atoms with E-state index in [2.05, 4.69) is 12.2 Å². The van der Waals surface area contributed by atoms with Crippen molar-refractivity contribution in [1.29, 1.82) is 0 Å². The van der Waals surface area contributed by atoms with E-state index in [1.807, 2.05) is 12.1 Å². The van der Waals surface area contributed by atoms with Crippen LogP contribution in [0.5, 0.6) is 5.75 Å². The smallest absolute Gasteiger partial charge is 0.122 e. The Morgan fingerprint density at radius 3 is 2.65 bits per heavy atom. The van der Waals surface area contributed by atoms with Crippen LogP contribution in [0.4, 0.5) is 11.4 Å². The summed E-state index contributed by atoms with van der Waals surface area (Å²) in [5.41, 5.74) is 6.79. The van der Waals surface area contributed by atoms with Gasteiger partial charge in [0.15, 0.2) is 0 Å². The van der Waals surface area contributed by atoms with Gasteiger partial charge in [-0.05, 0) is 37.7 Å². The number of hydrogen-bond donors (Lipinski definition) is 3. The monoisotopic (exact) mass is 278 g/mol. The van der Waals surface area contributed by atoms with Gasteiger partial charge in [0.2, 0.25) is 0 Å². The average Bonchev–Trinajstić information content (AvgIpc) is 2.45. The van der Waals surface area contributed by atoms with Crippen LogP contribution in [0.25, 0.3) is 0 Å². The highest BCUT2D eigenvalue weighted by Crippen LogP contribution is 2.34. The van der Waals surface area contributed by atoms with Gasteiger partial charge in [-0.25, -0.2) is 0 Å². The van der Waals surface area contributed by atoms with E-state index in [1.165, 1.54) is 6.42 Å². The second-order valence-corrected chi connectivity index (χ2v) is 5.92. The fourth-order valence-electron chi connectivity index (χ4n) is 2.91. The van der Waals surface area contributed by atoms with Crippen LogP contribution < -0.4 is 15.8 Å². The zero-order chi connectivity index (χ0) is 14.6. The van der Waals surface area contributed by atoms with Crippen LogP contribution in [0.3, 0.4) is 0 Å². The molecular formula is C16H26N2O2. The van der Waals surface area contributed by atoms with Gasteiger partial charge in [-0.15, -0.1) is 0 Å². The molecule has 4 N–H and O–H groups in total. The van der Waals surface area contributed by atoms with Crippen molar-refractivity contribution in [2.45, 2.75) is 44.6 Å². The molecule has 1 aromatic rings. The Bertz CT molecular complexity index is 440. The second-order valence-electron chi connectivity index (χ2n) is 5.92. The lowest BCUT2D eigenvalue weighted by atomic mass is 9.78. The first kappa shape index (κ1) is 15.0. The summed E-state index contributed by atoms with van der Waals surface area (Å²) in [6.07, 6.45) is 5.20. The van der Waals surface area contributed by atoms with Crippen LogP contribution in [0.2, 0.25) is 0 Å². The van der Waals surface area contributed by atoms with E-state index in [4.69, 9.17) is 10.5 Å². The van der Waals surface area contributed by atoms with Gasteiger partial charge >= 0.3 is 0 Å². The lowest BCUT2D eigenvalue weighted by Crippen LogP contribution is -2.40. The standard InChI is InChI=1S/C16H26N2O2/c1-3-12-4-6-16(19,7-5-12)11-18-14-8-13(17)9-15(10-14)20-2/h8-10,12,18-19H,3-7,11,17H2,1-2H3. The summed E-state index contributed by atoms with van der Waals surface area (Å²) in [5.74, 6) is 1.51. The number of methoxy groups -OCH3 is 1. The van der Waals surface area contributed by atoms with Gasteiger partial charge in [-0.1, -0.05) is 13.3 Å². The number of rotatable bonds is 5. The van der Waals surface area contributed by atoms with Crippen molar-refractivity contribution in [2.24, 2.45) is 5.92 Å². The van der Waals surface area contributed by atoms with Crippen molar-refractivity contribution in [2.75, 3.05) is 24.7 Å². The Morgan fingerprint density at radius 1 is 1.35 bits per heavy atom. The zero-order valence-corrected chi connectivity index (χ0v) is 12.5. The Kier molecular flexibility index (Phi) is 4.76. The van der Waals surface area contributed by atoms with Crippen LogP contribution >= 0.6 is 0 Å². The maximum atomic E-state index is 10.6. The summed E-state index contributed by atoms with van der Waals surface area (Å²) >= 11 is 0. The highest BCUT2D eigenvalue weighted by Gasteiger charge is 2.32. The number of hydrogen-bond acceptors (Lipinski definition) is 4. The highest BCUT2D eigenvalue weighted by atomic mass is 16.5. The first-order valence-corrected chi connectivity index (χ1v) is 7.45. The van der Waals surface area contributed by atoms with Crippen molar-refractivity contribution in [3.8, 4) is 5.75 Å². The maximum Gasteiger partial charge on any atom is 0.122 e. The molecule has 0 saturated heterocycles. The van der Waals surface area contributed by atoms with Crippen LogP contribution in [-0.2, 0) is 0 Å². The summed E-state index contributed by atoms with van der Waals surface area (Å²) in [6, 6.07) is 5.55. The lowest BCUT2D eigenvalue weighted by Gasteiger charge is -2.36. The van der Waals surface area contributed by atoms with Crippen LogP contribution in [0, 0.1) is 5.92 Å². The largest absolute Gasteiger partial charge is 0.497 e. The average molecular weight is 278 g/mol. The molecule has 0 amide bonds. The molecule has 0 bridgehead atoms. The topological polar surface area (TPSA) is 67.5 Å². The molecule has 1 saturated carbocycles. The van der Waals surface area contributed by atoms with E-state index >= 15 is 0 Å². The van der Waals surface area contributed by atoms with Gasteiger partial charge in [-0.3, -0.25) is 0 Å². The molecule has 0 unspecified atom stereocenters. The molecule has 0 aromatic heterocycles. The number of nitrogens with one attached hydrogen (secondary N) is 1. The first-order valence-electron chi connectivity index (χ1n) is 7.45. The van der Waals surface area contributed by atoms with Crippen LogP contribution in [0.15, 0.2) is 18.2 Å². The molecule has 0 spiro atoms. The minimum atomic E-state index is -0.594. The molecule has 0 heterocycles. The van der Waals surface area contributed by atoms with Gasteiger partial charge in [0.1, 0.15) is 5.75 Å². The van der Waals surface area contributed by atoms with E-state index in [0.717, 1.165) is 43.0 Å². The predicted molar refractivity (Wildman–Crippen MR) is 83.1 cm³/mol. The van der Waals surface area contributed by atoms with Gasteiger partial charge in [0.05, 0.1) is 12.7 Å². The Hall–Kier alpha value is -1.42. The minimum absolute atomic E-state index is 0.566. The maximum absolute atomic E-state index is 10.6. The number of nitrogens with two attached hydrogens (primary N) is 1. The third-order valence-electron chi connectivity index (χ3n) is 4.40. The summed E-state index contributed by atoms with van der Waals surface area (Å²) < 4.78 is 5.20. The van der Waals surface area contributed by atoms with E-state index in [1.54, 1.807) is 13.2 Å². The highest BCUT2D eigenvalue weighted by molar-refractivity contribution is 5.59.